The molecule has 2 aliphatic rings. The molecule has 1 aliphatic carbocycles. The number of hydrogen-bond donors (Lipinski definition) is 1. The van der Waals surface area contributed by atoms with E-state index in [-0.39, 0.29) is 11.9 Å². The molecule has 23 heavy (non-hydrogen) atoms. The first-order chi connectivity index (χ1) is 11.2. The van der Waals surface area contributed by atoms with Gasteiger partial charge in [-0.3, -0.25) is 4.79 Å². The van der Waals surface area contributed by atoms with Crippen molar-refractivity contribution in [3.05, 3.63) is 29.3 Å². The molecule has 1 fully saturated rings. The van der Waals surface area contributed by atoms with Crippen molar-refractivity contribution in [3.8, 4) is 5.75 Å². The number of rotatable bonds is 5. The van der Waals surface area contributed by atoms with Gasteiger partial charge >= 0.3 is 0 Å². The van der Waals surface area contributed by atoms with Gasteiger partial charge in [-0.2, -0.15) is 0 Å². The molecule has 3 rings (SSSR count). The molecule has 5 heteroatoms. The molecule has 1 aliphatic heterocycles. The van der Waals surface area contributed by atoms with Crippen LogP contribution in [-0.4, -0.2) is 50.3 Å². The van der Waals surface area contributed by atoms with Crippen molar-refractivity contribution in [2.24, 2.45) is 0 Å². The number of benzene rings is 1. The molecular formula is C18H26N2O3. The summed E-state index contributed by atoms with van der Waals surface area (Å²) in [5.74, 6) is 1.20. The third-order valence-electron chi connectivity index (χ3n) is 4.78. The first-order valence-electron chi connectivity index (χ1n) is 8.46. The number of nitrogens with zero attached hydrogens (tertiary/aromatic N) is 1. The van der Waals surface area contributed by atoms with Crippen molar-refractivity contribution < 1.29 is 14.3 Å². The molecule has 5 nitrogen and oxygen atoms in total. The minimum Gasteiger partial charge on any atom is -0.496 e. The average Bonchev–Trinajstić information content (AvgIpc) is 2.98. The lowest BCUT2D eigenvalue weighted by Gasteiger charge is -2.29. The van der Waals surface area contributed by atoms with Crippen molar-refractivity contribution in [3.63, 3.8) is 0 Å². The number of methoxy groups -OCH3 is 1. The number of hydrogen-bond acceptors (Lipinski definition) is 4. The van der Waals surface area contributed by atoms with E-state index < -0.39 is 0 Å². The molecule has 126 valence electrons. The van der Waals surface area contributed by atoms with Crippen LogP contribution in [0.3, 0.4) is 0 Å². The van der Waals surface area contributed by atoms with Gasteiger partial charge in [-0.05, 0) is 37.0 Å². The van der Waals surface area contributed by atoms with E-state index in [2.05, 4.69) is 18.3 Å². The summed E-state index contributed by atoms with van der Waals surface area (Å²) in [6.45, 7) is 4.84. The van der Waals surface area contributed by atoms with Crippen LogP contribution in [0.15, 0.2) is 18.2 Å². The van der Waals surface area contributed by atoms with Gasteiger partial charge in [-0.25, -0.2) is 0 Å². The quantitative estimate of drug-likeness (QED) is 0.901. The highest BCUT2D eigenvalue weighted by atomic mass is 16.5. The molecule has 0 radical (unpaired) electrons. The van der Waals surface area contributed by atoms with Crippen LogP contribution in [0.1, 0.15) is 36.9 Å². The molecule has 1 amide bonds. The summed E-state index contributed by atoms with van der Waals surface area (Å²) < 4.78 is 10.8. The van der Waals surface area contributed by atoms with Crippen LogP contribution in [0.5, 0.6) is 5.75 Å². The van der Waals surface area contributed by atoms with Gasteiger partial charge in [-0.15, -0.1) is 0 Å². The fourth-order valence-corrected chi connectivity index (χ4v) is 3.59. The van der Waals surface area contributed by atoms with Gasteiger partial charge in [0.15, 0.2) is 0 Å². The largest absolute Gasteiger partial charge is 0.496 e. The highest BCUT2D eigenvalue weighted by Crippen LogP contribution is 2.37. The third-order valence-corrected chi connectivity index (χ3v) is 4.78. The maximum Gasteiger partial charge on any atom is 0.224 e. The lowest BCUT2D eigenvalue weighted by Crippen LogP contribution is -2.43. The summed E-state index contributed by atoms with van der Waals surface area (Å²) in [4.78, 5) is 14.2. The zero-order valence-corrected chi connectivity index (χ0v) is 14.0. The molecule has 2 atom stereocenters. The number of ether oxygens (including phenoxy) is 2. The van der Waals surface area contributed by atoms with Crippen LogP contribution in [-0.2, 0) is 16.0 Å². The topological polar surface area (TPSA) is 50.8 Å². The maximum atomic E-state index is 12.3. The summed E-state index contributed by atoms with van der Waals surface area (Å²) in [6.07, 6.45) is 2.63. The molecule has 0 bridgehead atoms. The number of nitrogens with one attached hydrogen (secondary N) is 1. The first kappa shape index (κ1) is 16.3. The van der Waals surface area contributed by atoms with E-state index in [9.17, 15) is 4.79 Å². The summed E-state index contributed by atoms with van der Waals surface area (Å²) >= 11 is 0. The third kappa shape index (κ3) is 3.67. The van der Waals surface area contributed by atoms with Gasteiger partial charge in [0.2, 0.25) is 5.91 Å². The van der Waals surface area contributed by atoms with E-state index in [4.69, 9.17) is 9.47 Å². The number of carbonyl (C=O) groups is 1. The fraction of sp³-hybridized carbons (Fsp3) is 0.611. The Bertz CT molecular complexity index is 555. The predicted molar refractivity (Wildman–Crippen MR) is 88.7 cm³/mol. The van der Waals surface area contributed by atoms with Crippen molar-refractivity contribution in [2.75, 3.05) is 33.4 Å². The van der Waals surface area contributed by atoms with Crippen LogP contribution < -0.4 is 10.1 Å². The molecule has 1 N–H and O–H groups in total. The standard InChI is InChI=1S/C18H26N2O3/c1-13(12-18(21)20-8-10-23-11-9-20)19-16-7-6-15-14(16)4-3-5-17(15)22-2/h3-5,13,16,19H,6-12H2,1-2H3/t13-,16-/m0/s1. The van der Waals surface area contributed by atoms with Gasteiger partial charge in [-0.1, -0.05) is 12.1 Å². The molecule has 1 aromatic carbocycles. The Morgan fingerprint density at radius 1 is 1.43 bits per heavy atom. The van der Waals surface area contributed by atoms with Gasteiger partial charge in [0.1, 0.15) is 5.75 Å². The molecular weight excluding hydrogens is 292 g/mol. The summed E-state index contributed by atoms with van der Waals surface area (Å²) in [6, 6.07) is 6.70. The minimum atomic E-state index is 0.160. The Balaban J connectivity index is 1.57. The molecule has 1 saturated heterocycles. The average molecular weight is 318 g/mol. The Morgan fingerprint density at radius 2 is 2.22 bits per heavy atom. The van der Waals surface area contributed by atoms with Crippen LogP contribution >= 0.6 is 0 Å². The normalized spacial score (nSPS) is 21.8. The molecule has 1 heterocycles. The number of morpholine rings is 1. The first-order valence-corrected chi connectivity index (χ1v) is 8.46. The van der Waals surface area contributed by atoms with Crippen LogP contribution in [0.4, 0.5) is 0 Å². The maximum absolute atomic E-state index is 12.3. The molecule has 0 saturated carbocycles. The highest BCUT2D eigenvalue weighted by Gasteiger charge is 2.27. The SMILES string of the molecule is COc1cccc2c1CC[C@@H]2N[C@@H](C)CC(=O)N1CCOCC1. The minimum absolute atomic E-state index is 0.160. The smallest absolute Gasteiger partial charge is 0.224 e. The van der Waals surface area contributed by atoms with Crippen LogP contribution in [0, 0.1) is 0 Å². The van der Waals surface area contributed by atoms with E-state index in [1.165, 1.54) is 11.1 Å². The molecule has 0 spiro atoms. The number of fused-ring (bicyclic) bond motifs is 1. The fourth-order valence-electron chi connectivity index (χ4n) is 3.59. The summed E-state index contributed by atoms with van der Waals surface area (Å²) in [5.41, 5.74) is 2.62. The van der Waals surface area contributed by atoms with Crippen molar-refractivity contribution in [1.82, 2.24) is 10.2 Å². The van der Waals surface area contributed by atoms with Gasteiger partial charge in [0.25, 0.3) is 0 Å². The highest BCUT2D eigenvalue weighted by molar-refractivity contribution is 5.76. The number of carbonyl (C=O) groups excluding carboxylic acids is 1. The van der Waals surface area contributed by atoms with Gasteiger partial charge in [0.05, 0.1) is 20.3 Å². The molecule has 0 aromatic heterocycles. The molecule has 0 unspecified atom stereocenters. The summed E-state index contributed by atoms with van der Waals surface area (Å²) in [7, 11) is 1.72. The summed E-state index contributed by atoms with van der Waals surface area (Å²) in [5, 5.41) is 3.62. The Kier molecular flexibility index (Phi) is 5.18. The van der Waals surface area contributed by atoms with E-state index >= 15 is 0 Å². The second kappa shape index (κ2) is 7.32. The van der Waals surface area contributed by atoms with Gasteiger partial charge < -0.3 is 19.7 Å². The second-order valence-corrected chi connectivity index (χ2v) is 6.38. The number of amides is 1. The zero-order valence-electron chi connectivity index (χ0n) is 14.0. The van der Waals surface area contributed by atoms with E-state index in [1.807, 2.05) is 17.0 Å². The Labute approximate surface area is 137 Å². The van der Waals surface area contributed by atoms with E-state index in [1.54, 1.807) is 7.11 Å². The Hall–Kier alpha value is -1.59. The van der Waals surface area contributed by atoms with Gasteiger partial charge in [0, 0.05) is 31.6 Å². The van der Waals surface area contributed by atoms with Crippen molar-refractivity contribution in [1.29, 1.82) is 0 Å². The van der Waals surface area contributed by atoms with Crippen LogP contribution in [0.2, 0.25) is 0 Å². The molecule has 1 aromatic rings. The van der Waals surface area contributed by atoms with Crippen LogP contribution in [0.25, 0.3) is 0 Å². The van der Waals surface area contributed by atoms with Crippen molar-refractivity contribution in [2.45, 2.75) is 38.3 Å². The van der Waals surface area contributed by atoms with E-state index in [0.29, 0.717) is 25.7 Å². The predicted octanol–water partition coefficient (Wildman–Crippen LogP) is 1.91. The lowest BCUT2D eigenvalue weighted by atomic mass is 10.1. The lowest BCUT2D eigenvalue weighted by molar-refractivity contribution is -0.135. The van der Waals surface area contributed by atoms with E-state index in [0.717, 1.165) is 31.7 Å². The second-order valence-electron chi connectivity index (χ2n) is 6.38. The Morgan fingerprint density at radius 3 is 2.96 bits per heavy atom. The monoisotopic (exact) mass is 318 g/mol. The zero-order chi connectivity index (χ0) is 16.2. The van der Waals surface area contributed by atoms with Crippen molar-refractivity contribution >= 4 is 5.91 Å².